The monoisotopic (exact) mass is 401 g/mol. The number of sulfonamides is 1. The van der Waals surface area contributed by atoms with E-state index in [1.165, 1.54) is 4.31 Å². The maximum atomic E-state index is 13.5. The molecule has 0 aliphatic rings. The first-order valence-electron chi connectivity index (χ1n) is 9.05. The van der Waals surface area contributed by atoms with E-state index in [9.17, 15) is 13.2 Å². The van der Waals surface area contributed by atoms with Crippen molar-refractivity contribution in [3.05, 3.63) is 54.3 Å². The summed E-state index contributed by atoms with van der Waals surface area (Å²) in [5, 5.41) is 7.76. The average molecular weight is 401 g/mol. The molecule has 1 aromatic heterocycles. The van der Waals surface area contributed by atoms with E-state index in [0.717, 1.165) is 5.39 Å². The molecule has 1 atom stereocenters. The second-order valence-corrected chi connectivity index (χ2v) is 8.51. The van der Waals surface area contributed by atoms with Gasteiger partial charge in [0, 0.05) is 17.5 Å². The number of aryl methyl sites for hydroxylation is 1. The number of nitrogens with zero attached hydrogens (tertiary/aromatic N) is 2. The summed E-state index contributed by atoms with van der Waals surface area (Å²) in [6, 6.07) is 13.7. The number of anilines is 1. The molecule has 0 saturated carbocycles. The minimum absolute atomic E-state index is 0.191. The standard InChI is InChI=1S/C20H23N3O4S/c1-4-14(2)23(13-20(24)21-19-12-15(3)27-22-19)28(25,26)18-11-7-9-16-8-5-6-10-17(16)18/h5-12,14H,4,13H2,1-3H3,(H,21,22,24)/t14-/m1/s1. The molecular formula is C20H23N3O4S. The molecule has 0 aliphatic carbocycles. The Kier molecular flexibility index (Phi) is 5.81. The van der Waals surface area contributed by atoms with Gasteiger partial charge in [0.25, 0.3) is 0 Å². The molecule has 0 saturated heterocycles. The summed E-state index contributed by atoms with van der Waals surface area (Å²) in [6.07, 6.45) is 0.570. The quantitative estimate of drug-likeness (QED) is 0.653. The molecule has 8 heteroatoms. The summed E-state index contributed by atoms with van der Waals surface area (Å²) in [5.74, 6) is 0.337. The smallest absolute Gasteiger partial charge is 0.244 e. The van der Waals surface area contributed by atoms with E-state index in [1.807, 2.05) is 25.1 Å². The third-order valence-electron chi connectivity index (χ3n) is 4.61. The van der Waals surface area contributed by atoms with E-state index in [0.29, 0.717) is 17.6 Å². The summed E-state index contributed by atoms with van der Waals surface area (Å²) in [4.78, 5) is 12.7. The SMILES string of the molecule is CC[C@@H](C)N(CC(=O)Nc1cc(C)on1)S(=O)(=O)c1cccc2ccccc12. The molecule has 0 fully saturated rings. The van der Waals surface area contributed by atoms with Crippen LogP contribution in [-0.4, -0.2) is 36.4 Å². The van der Waals surface area contributed by atoms with Gasteiger partial charge in [-0.15, -0.1) is 0 Å². The molecule has 2 aromatic carbocycles. The zero-order valence-corrected chi connectivity index (χ0v) is 16.9. The zero-order chi connectivity index (χ0) is 20.3. The number of carbonyl (C=O) groups excluding carboxylic acids is 1. The highest BCUT2D eigenvalue weighted by atomic mass is 32.2. The lowest BCUT2D eigenvalue weighted by Gasteiger charge is -2.27. The van der Waals surface area contributed by atoms with Gasteiger partial charge in [0.05, 0.1) is 11.4 Å². The predicted octanol–water partition coefficient (Wildman–Crippen LogP) is 3.56. The van der Waals surface area contributed by atoms with Crippen LogP contribution in [0.4, 0.5) is 5.82 Å². The van der Waals surface area contributed by atoms with Crippen LogP contribution in [0.25, 0.3) is 10.8 Å². The van der Waals surface area contributed by atoms with Crippen LogP contribution in [0.1, 0.15) is 26.0 Å². The number of aromatic nitrogens is 1. The van der Waals surface area contributed by atoms with Crippen molar-refractivity contribution in [1.82, 2.24) is 9.46 Å². The molecule has 0 bridgehead atoms. The number of hydrogen-bond donors (Lipinski definition) is 1. The zero-order valence-electron chi connectivity index (χ0n) is 16.0. The molecule has 0 unspecified atom stereocenters. The molecule has 1 heterocycles. The van der Waals surface area contributed by atoms with Crippen LogP contribution in [0.2, 0.25) is 0 Å². The van der Waals surface area contributed by atoms with Gasteiger partial charge in [-0.25, -0.2) is 8.42 Å². The molecule has 3 rings (SSSR count). The highest BCUT2D eigenvalue weighted by Crippen LogP contribution is 2.27. The minimum atomic E-state index is -3.89. The van der Waals surface area contributed by atoms with E-state index in [2.05, 4.69) is 10.5 Å². The molecular weight excluding hydrogens is 378 g/mol. The third-order valence-corrected chi connectivity index (χ3v) is 6.63. The molecule has 1 amide bonds. The second-order valence-electron chi connectivity index (χ2n) is 6.66. The first-order chi connectivity index (χ1) is 13.3. The van der Waals surface area contributed by atoms with E-state index in [1.54, 1.807) is 44.2 Å². The van der Waals surface area contributed by atoms with Crippen molar-refractivity contribution in [1.29, 1.82) is 0 Å². The number of benzene rings is 2. The van der Waals surface area contributed by atoms with Crippen LogP contribution >= 0.6 is 0 Å². The van der Waals surface area contributed by atoms with Gasteiger partial charge in [0.2, 0.25) is 15.9 Å². The number of fused-ring (bicyclic) bond motifs is 1. The van der Waals surface area contributed by atoms with Gasteiger partial charge in [-0.2, -0.15) is 4.31 Å². The fraction of sp³-hybridized carbons (Fsp3) is 0.300. The molecule has 28 heavy (non-hydrogen) atoms. The van der Waals surface area contributed by atoms with E-state index < -0.39 is 15.9 Å². The minimum Gasteiger partial charge on any atom is -0.360 e. The fourth-order valence-corrected chi connectivity index (χ4v) is 4.85. The van der Waals surface area contributed by atoms with Gasteiger partial charge in [-0.05, 0) is 31.7 Å². The van der Waals surface area contributed by atoms with Gasteiger partial charge < -0.3 is 9.84 Å². The molecule has 0 radical (unpaired) electrons. The van der Waals surface area contributed by atoms with E-state index in [-0.39, 0.29) is 23.3 Å². The van der Waals surface area contributed by atoms with Gasteiger partial charge in [0.15, 0.2) is 5.82 Å². The van der Waals surface area contributed by atoms with Crippen molar-refractivity contribution in [2.24, 2.45) is 0 Å². The summed E-state index contributed by atoms with van der Waals surface area (Å²) < 4.78 is 33.1. The lowest BCUT2D eigenvalue weighted by molar-refractivity contribution is -0.116. The number of carbonyl (C=O) groups is 1. The normalized spacial score (nSPS) is 13.0. The predicted molar refractivity (Wildman–Crippen MR) is 107 cm³/mol. The Morgan fingerprint density at radius 3 is 2.61 bits per heavy atom. The first kappa shape index (κ1) is 20.0. The fourth-order valence-electron chi connectivity index (χ4n) is 2.98. The van der Waals surface area contributed by atoms with Crippen molar-refractivity contribution in [2.75, 3.05) is 11.9 Å². The first-order valence-corrected chi connectivity index (χ1v) is 10.5. The Hall–Kier alpha value is -2.71. The van der Waals surface area contributed by atoms with Crippen molar-refractivity contribution in [3.8, 4) is 0 Å². The Bertz CT molecular complexity index is 1090. The topological polar surface area (TPSA) is 92.5 Å². The third kappa shape index (κ3) is 4.07. The van der Waals surface area contributed by atoms with Crippen molar-refractivity contribution < 1.29 is 17.7 Å². The Balaban J connectivity index is 1.94. The number of amides is 1. The highest BCUT2D eigenvalue weighted by molar-refractivity contribution is 7.89. The number of nitrogens with one attached hydrogen (secondary N) is 1. The second kappa shape index (κ2) is 8.12. The number of hydrogen-bond acceptors (Lipinski definition) is 5. The van der Waals surface area contributed by atoms with Crippen molar-refractivity contribution >= 4 is 32.5 Å². The summed E-state index contributed by atoms with van der Waals surface area (Å²) in [5.41, 5.74) is 0. The maximum absolute atomic E-state index is 13.5. The summed E-state index contributed by atoms with van der Waals surface area (Å²) in [6.45, 7) is 5.07. The summed E-state index contributed by atoms with van der Waals surface area (Å²) >= 11 is 0. The van der Waals surface area contributed by atoms with Crippen LogP contribution in [0.15, 0.2) is 57.9 Å². The molecule has 1 N–H and O–H groups in total. The van der Waals surface area contributed by atoms with Crippen molar-refractivity contribution in [3.63, 3.8) is 0 Å². The van der Waals surface area contributed by atoms with Gasteiger partial charge in [-0.1, -0.05) is 48.5 Å². The largest absolute Gasteiger partial charge is 0.360 e. The van der Waals surface area contributed by atoms with Crippen LogP contribution in [0, 0.1) is 6.92 Å². The maximum Gasteiger partial charge on any atom is 0.244 e. The van der Waals surface area contributed by atoms with E-state index in [4.69, 9.17) is 4.52 Å². The van der Waals surface area contributed by atoms with Gasteiger partial charge >= 0.3 is 0 Å². The molecule has 7 nitrogen and oxygen atoms in total. The number of rotatable bonds is 7. The Labute approximate surface area is 164 Å². The van der Waals surface area contributed by atoms with Crippen LogP contribution in [-0.2, 0) is 14.8 Å². The molecule has 148 valence electrons. The summed E-state index contributed by atoms with van der Waals surface area (Å²) in [7, 11) is -3.89. The van der Waals surface area contributed by atoms with Crippen LogP contribution in [0.3, 0.4) is 0 Å². The Morgan fingerprint density at radius 1 is 1.21 bits per heavy atom. The average Bonchev–Trinajstić information content (AvgIpc) is 3.09. The van der Waals surface area contributed by atoms with Crippen LogP contribution in [0.5, 0.6) is 0 Å². The van der Waals surface area contributed by atoms with Gasteiger partial charge in [0.1, 0.15) is 5.76 Å². The lowest BCUT2D eigenvalue weighted by atomic mass is 10.1. The molecule has 3 aromatic rings. The highest BCUT2D eigenvalue weighted by Gasteiger charge is 2.31. The molecule has 0 spiro atoms. The lowest BCUT2D eigenvalue weighted by Crippen LogP contribution is -2.43. The van der Waals surface area contributed by atoms with Crippen LogP contribution < -0.4 is 5.32 Å². The van der Waals surface area contributed by atoms with Gasteiger partial charge in [-0.3, -0.25) is 4.79 Å². The molecule has 0 aliphatic heterocycles. The van der Waals surface area contributed by atoms with Crippen molar-refractivity contribution in [2.45, 2.75) is 38.1 Å². The van der Waals surface area contributed by atoms with E-state index >= 15 is 0 Å². The Morgan fingerprint density at radius 2 is 1.93 bits per heavy atom.